The number of hydrogen-bond acceptors (Lipinski definition) is 5. The summed E-state index contributed by atoms with van der Waals surface area (Å²) in [5, 5.41) is 6.27. The Labute approximate surface area is 189 Å². The molecular weight excluding hydrogens is 436 g/mol. The summed E-state index contributed by atoms with van der Waals surface area (Å²) < 4.78 is 27.7. The number of hydrogen-bond donors (Lipinski definition) is 2. The molecule has 1 atom stereocenters. The quantitative estimate of drug-likeness (QED) is 0.666. The van der Waals surface area contributed by atoms with E-state index in [9.17, 15) is 18.0 Å². The molecular formula is C21H34N4O4S2. The summed E-state index contributed by atoms with van der Waals surface area (Å²) in [5.41, 5.74) is 0. The van der Waals surface area contributed by atoms with Crippen LogP contribution in [-0.2, 0) is 14.8 Å². The maximum Gasteiger partial charge on any atom is 0.322 e. The summed E-state index contributed by atoms with van der Waals surface area (Å²) in [6, 6.07) is 2.92. The number of likely N-dealkylation sites (tertiary alicyclic amines) is 1. The van der Waals surface area contributed by atoms with Gasteiger partial charge in [0.1, 0.15) is 4.21 Å². The highest BCUT2D eigenvalue weighted by atomic mass is 32.2. The van der Waals surface area contributed by atoms with E-state index in [-0.39, 0.29) is 22.1 Å². The van der Waals surface area contributed by atoms with E-state index in [4.69, 9.17) is 0 Å². The van der Waals surface area contributed by atoms with E-state index >= 15 is 0 Å². The van der Waals surface area contributed by atoms with Crippen LogP contribution < -0.4 is 10.6 Å². The largest absolute Gasteiger partial charge is 0.356 e. The van der Waals surface area contributed by atoms with Gasteiger partial charge >= 0.3 is 6.03 Å². The number of amides is 3. The maximum absolute atomic E-state index is 12.9. The third kappa shape index (κ3) is 6.43. The van der Waals surface area contributed by atoms with Crippen LogP contribution in [0.25, 0.3) is 0 Å². The molecule has 31 heavy (non-hydrogen) atoms. The van der Waals surface area contributed by atoms with Crippen molar-refractivity contribution in [3.05, 3.63) is 12.1 Å². The fourth-order valence-corrected chi connectivity index (χ4v) is 6.81. The summed E-state index contributed by atoms with van der Waals surface area (Å²) in [6.07, 6.45) is 5.43. The Morgan fingerprint density at radius 3 is 2.48 bits per heavy atom. The van der Waals surface area contributed by atoms with E-state index in [1.54, 1.807) is 21.3 Å². The number of urea groups is 1. The number of nitrogens with zero attached hydrogens (tertiary/aromatic N) is 2. The summed E-state index contributed by atoms with van der Waals surface area (Å²) >= 11 is 1.08. The van der Waals surface area contributed by atoms with Gasteiger partial charge in [0.15, 0.2) is 0 Å². The molecule has 8 nitrogen and oxygen atoms in total. The summed E-state index contributed by atoms with van der Waals surface area (Å²) in [7, 11) is -3.52. The van der Waals surface area contributed by atoms with Crippen molar-refractivity contribution < 1.29 is 18.0 Å². The van der Waals surface area contributed by atoms with Gasteiger partial charge in [-0.25, -0.2) is 13.2 Å². The molecule has 174 valence electrons. The SMILES string of the molecule is CC(C)CNC(=O)C1CCCN(C(=O)Nc2ccc(S(=O)(=O)N3CCCCCC3)s2)C1. The average Bonchev–Trinajstić information content (AvgIpc) is 3.04. The van der Waals surface area contributed by atoms with Crippen LogP contribution in [-0.4, -0.2) is 62.3 Å². The van der Waals surface area contributed by atoms with Gasteiger partial charge in [0.25, 0.3) is 10.0 Å². The third-order valence-electron chi connectivity index (χ3n) is 5.73. The van der Waals surface area contributed by atoms with Gasteiger partial charge < -0.3 is 10.2 Å². The first-order chi connectivity index (χ1) is 14.8. The smallest absolute Gasteiger partial charge is 0.322 e. The lowest BCUT2D eigenvalue weighted by Gasteiger charge is -2.32. The van der Waals surface area contributed by atoms with Gasteiger partial charge in [0.2, 0.25) is 5.91 Å². The van der Waals surface area contributed by atoms with Gasteiger partial charge in [-0.15, -0.1) is 11.3 Å². The highest BCUT2D eigenvalue weighted by Gasteiger charge is 2.30. The molecule has 2 N–H and O–H groups in total. The van der Waals surface area contributed by atoms with Crippen LogP contribution in [0.3, 0.4) is 0 Å². The van der Waals surface area contributed by atoms with Crippen molar-refractivity contribution in [1.82, 2.24) is 14.5 Å². The number of rotatable bonds is 6. The van der Waals surface area contributed by atoms with Gasteiger partial charge in [-0.1, -0.05) is 26.7 Å². The van der Waals surface area contributed by atoms with Gasteiger partial charge in [-0.3, -0.25) is 10.1 Å². The van der Waals surface area contributed by atoms with Crippen molar-refractivity contribution in [2.75, 3.05) is 38.0 Å². The lowest BCUT2D eigenvalue weighted by molar-refractivity contribution is -0.126. The van der Waals surface area contributed by atoms with E-state index in [2.05, 4.69) is 10.6 Å². The number of carbonyl (C=O) groups excluding carboxylic acids is 2. The minimum atomic E-state index is -3.52. The number of nitrogens with one attached hydrogen (secondary N) is 2. The minimum Gasteiger partial charge on any atom is -0.356 e. The Balaban J connectivity index is 1.58. The maximum atomic E-state index is 12.9. The predicted octanol–water partition coefficient (Wildman–Crippen LogP) is 3.33. The first-order valence-corrected chi connectivity index (χ1v) is 13.5. The lowest BCUT2D eigenvalue weighted by Crippen LogP contribution is -2.47. The summed E-state index contributed by atoms with van der Waals surface area (Å²) in [6.45, 7) is 6.79. The van der Waals surface area contributed by atoms with E-state index in [1.807, 2.05) is 13.8 Å². The van der Waals surface area contributed by atoms with Gasteiger partial charge in [0.05, 0.1) is 10.9 Å². The van der Waals surface area contributed by atoms with Gasteiger partial charge in [0, 0.05) is 32.7 Å². The van der Waals surface area contributed by atoms with Crippen molar-refractivity contribution in [3.63, 3.8) is 0 Å². The Hall–Kier alpha value is -1.65. The molecule has 0 aromatic carbocycles. The Morgan fingerprint density at radius 1 is 1.10 bits per heavy atom. The van der Waals surface area contributed by atoms with Crippen molar-refractivity contribution in [1.29, 1.82) is 0 Å². The Kier molecular flexibility index (Phi) is 8.35. The second-order valence-electron chi connectivity index (χ2n) is 8.79. The predicted molar refractivity (Wildman–Crippen MR) is 123 cm³/mol. The van der Waals surface area contributed by atoms with Crippen molar-refractivity contribution >= 4 is 38.3 Å². The summed E-state index contributed by atoms with van der Waals surface area (Å²) in [4.78, 5) is 26.8. The Bertz CT molecular complexity index is 860. The zero-order chi connectivity index (χ0) is 22.4. The van der Waals surface area contributed by atoms with E-state index < -0.39 is 10.0 Å². The monoisotopic (exact) mass is 470 g/mol. The number of anilines is 1. The van der Waals surface area contributed by atoms with Crippen molar-refractivity contribution in [2.24, 2.45) is 11.8 Å². The topological polar surface area (TPSA) is 98.8 Å². The minimum absolute atomic E-state index is 0.00634. The lowest BCUT2D eigenvalue weighted by atomic mass is 9.97. The second kappa shape index (κ2) is 10.8. The second-order valence-corrected chi connectivity index (χ2v) is 12.0. The fraction of sp³-hybridized carbons (Fsp3) is 0.714. The zero-order valence-electron chi connectivity index (χ0n) is 18.4. The van der Waals surface area contributed by atoms with Crippen LogP contribution in [0.2, 0.25) is 0 Å². The molecule has 3 amide bonds. The molecule has 2 aliphatic rings. The first-order valence-electron chi connectivity index (χ1n) is 11.2. The number of piperidine rings is 1. The molecule has 1 aromatic heterocycles. The van der Waals surface area contributed by atoms with Crippen LogP contribution in [0.1, 0.15) is 52.4 Å². The van der Waals surface area contributed by atoms with Crippen LogP contribution in [0.15, 0.2) is 16.3 Å². The first kappa shape index (κ1) is 24.0. The molecule has 1 unspecified atom stereocenters. The molecule has 0 bridgehead atoms. The Morgan fingerprint density at radius 2 is 1.81 bits per heavy atom. The molecule has 0 saturated carbocycles. The molecule has 3 rings (SSSR count). The molecule has 2 aliphatic heterocycles. The number of thiophene rings is 1. The average molecular weight is 471 g/mol. The molecule has 0 radical (unpaired) electrons. The zero-order valence-corrected chi connectivity index (χ0v) is 20.1. The molecule has 3 heterocycles. The van der Waals surface area contributed by atoms with Crippen LogP contribution in [0.5, 0.6) is 0 Å². The molecule has 0 spiro atoms. The van der Waals surface area contributed by atoms with Crippen LogP contribution in [0, 0.1) is 11.8 Å². The van der Waals surface area contributed by atoms with Gasteiger partial charge in [-0.2, -0.15) is 4.31 Å². The standard InChI is InChI=1S/C21H34N4O4S2/c1-16(2)14-22-20(26)17-8-7-11-24(15-17)21(27)23-18-9-10-19(30-18)31(28,29)25-12-5-3-4-6-13-25/h9-10,16-17H,3-8,11-15H2,1-2H3,(H,22,26)(H,23,27). The van der Waals surface area contributed by atoms with E-state index in [0.717, 1.165) is 49.9 Å². The highest BCUT2D eigenvalue weighted by Crippen LogP contribution is 2.30. The third-order valence-corrected chi connectivity index (χ3v) is 9.10. The fourth-order valence-electron chi connectivity index (χ4n) is 3.94. The van der Waals surface area contributed by atoms with Crippen LogP contribution in [0.4, 0.5) is 9.80 Å². The van der Waals surface area contributed by atoms with Crippen molar-refractivity contribution in [3.8, 4) is 0 Å². The molecule has 10 heteroatoms. The van der Waals surface area contributed by atoms with E-state index in [1.165, 1.54) is 0 Å². The van der Waals surface area contributed by atoms with Crippen molar-refractivity contribution in [2.45, 2.75) is 56.6 Å². The molecule has 1 aromatic rings. The number of sulfonamides is 1. The number of carbonyl (C=O) groups is 2. The highest BCUT2D eigenvalue weighted by molar-refractivity contribution is 7.91. The molecule has 2 saturated heterocycles. The van der Waals surface area contributed by atoms with Gasteiger partial charge in [-0.05, 0) is 43.7 Å². The summed E-state index contributed by atoms with van der Waals surface area (Å²) in [5.74, 6) is 0.166. The van der Waals surface area contributed by atoms with Crippen LogP contribution >= 0.6 is 11.3 Å². The molecule has 2 fully saturated rings. The normalized spacial score (nSPS) is 21.0. The molecule has 0 aliphatic carbocycles. The van der Waals surface area contributed by atoms with E-state index in [0.29, 0.717) is 43.6 Å².